The molecule has 0 unspecified atom stereocenters. The number of furan rings is 1. The van der Waals surface area contributed by atoms with Crippen molar-refractivity contribution in [1.82, 2.24) is 0 Å². The van der Waals surface area contributed by atoms with E-state index in [9.17, 15) is 0 Å². The molecule has 50 heavy (non-hydrogen) atoms. The van der Waals surface area contributed by atoms with Gasteiger partial charge in [-0.3, -0.25) is 0 Å². The third-order valence-corrected chi connectivity index (χ3v) is 11.7. The number of nitrogens with zero attached hydrogens (tertiary/aromatic N) is 2. The molecule has 238 valence electrons. The first-order valence-electron chi connectivity index (χ1n) is 16.8. The van der Waals surface area contributed by atoms with E-state index in [1.165, 1.54) is 41.2 Å². The maximum atomic E-state index is 6.53. The van der Waals surface area contributed by atoms with E-state index in [1.807, 2.05) is 11.3 Å². The third-order valence-electron chi connectivity index (χ3n) is 9.55. The number of hydrogen-bond donors (Lipinski definition) is 0. The number of thiophene rings is 2. The van der Waals surface area contributed by atoms with Crippen molar-refractivity contribution in [2.24, 2.45) is 0 Å². The average Bonchev–Trinajstić information content (AvgIpc) is 3.83. The number of aryl methyl sites for hydroxylation is 1. The average molecular weight is 679 g/mol. The van der Waals surface area contributed by atoms with Crippen molar-refractivity contribution in [3.05, 3.63) is 169 Å². The van der Waals surface area contributed by atoms with Gasteiger partial charge in [0.1, 0.15) is 5.58 Å². The van der Waals surface area contributed by atoms with Crippen molar-refractivity contribution in [2.45, 2.75) is 6.92 Å². The molecule has 0 aliphatic heterocycles. The fourth-order valence-electron chi connectivity index (χ4n) is 7.37. The number of rotatable bonds is 6. The summed E-state index contributed by atoms with van der Waals surface area (Å²) in [6.45, 7) is 2.24. The number of para-hydroxylation sites is 3. The quantitative estimate of drug-likeness (QED) is 0.174. The summed E-state index contributed by atoms with van der Waals surface area (Å²) < 4.78 is 10.4. The number of hydrogen-bond acceptors (Lipinski definition) is 5. The van der Waals surface area contributed by atoms with E-state index in [1.54, 1.807) is 11.3 Å². The Morgan fingerprint density at radius 2 is 0.960 bits per heavy atom. The van der Waals surface area contributed by atoms with Gasteiger partial charge in [-0.2, -0.15) is 0 Å². The molecule has 0 atom stereocenters. The summed E-state index contributed by atoms with van der Waals surface area (Å²) in [4.78, 5) is 5.63. The summed E-state index contributed by atoms with van der Waals surface area (Å²) >= 11 is 3.59. The predicted octanol–water partition coefficient (Wildman–Crippen LogP) is 14.4. The SMILES string of the molecule is Cc1cc(N(c2ccccc2)c2ccc3c(c2)sc2oc4ccc(N(c5ccccc5)c5ccccc5)cc4c23)cc2sc3ccccc3c12. The van der Waals surface area contributed by atoms with Gasteiger partial charge in [0.2, 0.25) is 0 Å². The Morgan fingerprint density at radius 3 is 1.66 bits per heavy atom. The Kier molecular flexibility index (Phi) is 6.76. The van der Waals surface area contributed by atoms with Crippen LogP contribution in [0.4, 0.5) is 34.1 Å². The summed E-state index contributed by atoms with van der Waals surface area (Å²) in [5, 5.41) is 6.18. The van der Waals surface area contributed by atoms with Gasteiger partial charge in [0.15, 0.2) is 4.90 Å². The van der Waals surface area contributed by atoms with Crippen molar-refractivity contribution in [3.63, 3.8) is 0 Å². The highest BCUT2D eigenvalue weighted by molar-refractivity contribution is 7.26. The van der Waals surface area contributed by atoms with E-state index in [0.29, 0.717) is 0 Å². The highest BCUT2D eigenvalue weighted by atomic mass is 32.1. The molecule has 3 aromatic heterocycles. The maximum absolute atomic E-state index is 6.53. The first-order chi connectivity index (χ1) is 24.7. The van der Waals surface area contributed by atoms with Crippen molar-refractivity contribution >= 4 is 108 Å². The van der Waals surface area contributed by atoms with Crippen molar-refractivity contribution in [3.8, 4) is 0 Å². The molecule has 0 aliphatic rings. The normalized spacial score (nSPS) is 11.7. The van der Waals surface area contributed by atoms with Gasteiger partial charge in [0.25, 0.3) is 0 Å². The second-order valence-electron chi connectivity index (χ2n) is 12.6. The molecule has 7 aromatic carbocycles. The minimum atomic E-state index is 0.903. The van der Waals surface area contributed by atoms with E-state index in [-0.39, 0.29) is 0 Å². The van der Waals surface area contributed by atoms with E-state index < -0.39 is 0 Å². The lowest BCUT2D eigenvalue weighted by molar-refractivity contribution is 0.678. The molecular formula is C45H30N2OS2. The van der Waals surface area contributed by atoms with Crippen molar-refractivity contribution < 1.29 is 4.42 Å². The van der Waals surface area contributed by atoms with Crippen LogP contribution in [0.25, 0.3) is 51.5 Å². The molecule has 0 spiro atoms. The third kappa shape index (κ3) is 4.70. The van der Waals surface area contributed by atoms with Gasteiger partial charge in [-0.05, 0) is 97.4 Å². The van der Waals surface area contributed by atoms with Gasteiger partial charge in [0, 0.05) is 75.2 Å². The molecular weight excluding hydrogens is 649 g/mol. The molecule has 10 rings (SSSR count). The van der Waals surface area contributed by atoms with Crippen LogP contribution in [0.5, 0.6) is 0 Å². The van der Waals surface area contributed by atoms with E-state index in [4.69, 9.17) is 4.42 Å². The van der Waals surface area contributed by atoms with Gasteiger partial charge in [-0.25, -0.2) is 0 Å². The topological polar surface area (TPSA) is 19.6 Å². The fourth-order valence-corrected chi connectivity index (χ4v) is 9.70. The monoisotopic (exact) mass is 678 g/mol. The number of anilines is 6. The van der Waals surface area contributed by atoms with Crippen LogP contribution >= 0.6 is 22.7 Å². The Balaban J connectivity index is 1.13. The summed E-state index contributed by atoms with van der Waals surface area (Å²) in [5.74, 6) is 0. The molecule has 0 N–H and O–H groups in total. The minimum Gasteiger partial charge on any atom is -0.445 e. The Morgan fingerprint density at radius 1 is 0.400 bits per heavy atom. The van der Waals surface area contributed by atoms with Crippen LogP contribution < -0.4 is 9.80 Å². The minimum absolute atomic E-state index is 0.903. The van der Waals surface area contributed by atoms with Gasteiger partial charge in [-0.15, -0.1) is 11.3 Å². The molecule has 3 heterocycles. The first kappa shape index (κ1) is 29.1. The largest absolute Gasteiger partial charge is 0.445 e. The van der Waals surface area contributed by atoms with Crippen molar-refractivity contribution in [2.75, 3.05) is 9.80 Å². The Labute approximate surface area is 297 Å². The molecule has 0 bridgehead atoms. The summed E-state index contributed by atoms with van der Waals surface area (Å²) in [6.07, 6.45) is 0. The number of fused-ring (bicyclic) bond motifs is 8. The molecule has 0 amide bonds. The highest BCUT2D eigenvalue weighted by Crippen LogP contribution is 2.47. The molecule has 10 aromatic rings. The van der Waals surface area contributed by atoms with Gasteiger partial charge in [-0.1, -0.05) is 90.2 Å². The lowest BCUT2D eigenvalue weighted by Gasteiger charge is -2.26. The van der Waals surface area contributed by atoms with Crippen LogP contribution in [0.2, 0.25) is 0 Å². The smallest absolute Gasteiger partial charge is 0.190 e. The summed E-state index contributed by atoms with van der Waals surface area (Å²) in [5.41, 5.74) is 8.92. The predicted molar refractivity (Wildman–Crippen MR) is 216 cm³/mol. The summed E-state index contributed by atoms with van der Waals surface area (Å²) in [6, 6.07) is 58.6. The van der Waals surface area contributed by atoms with Crippen molar-refractivity contribution in [1.29, 1.82) is 0 Å². The Hall–Kier alpha value is -5.88. The van der Waals surface area contributed by atoms with Crippen LogP contribution in [0.3, 0.4) is 0 Å². The van der Waals surface area contributed by atoms with Gasteiger partial charge in [0.05, 0.1) is 0 Å². The first-order valence-corrected chi connectivity index (χ1v) is 18.4. The van der Waals surface area contributed by atoms with E-state index >= 15 is 0 Å². The highest BCUT2D eigenvalue weighted by Gasteiger charge is 2.21. The van der Waals surface area contributed by atoms with Crippen LogP contribution in [0, 0.1) is 6.92 Å². The van der Waals surface area contributed by atoms with Crippen LogP contribution in [-0.2, 0) is 0 Å². The lowest BCUT2D eigenvalue weighted by atomic mass is 10.0. The van der Waals surface area contributed by atoms with Gasteiger partial charge >= 0.3 is 0 Å². The second kappa shape index (κ2) is 11.6. The fraction of sp³-hybridized carbons (Fsp3) is 0.0222. The Bertz CT molecular complexity index is 2800. The zero-order valence-corrected chi connectivity index (χ0v) is 28.8. The standard InChI is InChI=1S/C45H30N2OS2/c1-29-25-35(28-42-43(29)36-19-11-12-20-40(36)49-42)47(32-17-9-4-10-18-32)34-21-23-37-41(27-34)50-45-44(37)38-26-33(22-24-39(38)48-45)46(30-13-5-2-6-14-30)31-15-7-3-8-16-31/h2-28H,1H3. The van der Waals surface area contributed by atoms with Gasteiger partial charge < -0.3 is 14.2 Å². The van der Waals surface area contributed by atoms with E-state index in [0.717, 1.165) is 50.0 Å². The molecule has 0 saturated heterocycles. The molecule has 0 fully saturated rings. The zero-order chi connectivity index (χ0) is 33.2. The number of benzene rings is 7. The van der Waals surface area contributed by atoms with Crippen LogP contribution in [-0.4, -0.2) is 0 Å². The second-order valence-corrected chi connectivity index (χ2v) is 14.7. The molecule has 0 aliphatic carbocycles. The lowest BCUT2D eigenvalue weighted by Crippen LogP contribution is -2.09. The van der Waals surface area contributed by atoms with E-state index in [2.05, 4.69) is 181 Å². The molecule has 3 nitrogen and oxygen atoms in total. The molecule has 5 heteroatoms. The van der Waals surface area contributed by atoms with Crippen LogP contribution in [0.1, 0.15) is 5.56 Å². The molecule has 0 radical (unpaired) electrons. The molecule has 0 saturated carbocycles. The van der Waals surface area contributed by atoms with Crippen LogP contribution in [0.15, 0.2) is 168 Å². The summed E-state index contributed by atoms with van der Waals surface area (Å²) in [7, 11) is 0. The maximum Gasteiger partial charge on any atom is 0.190 e. The zero-order valence-electron chi connectivity index (χ0n) is 27.2.